The number of aliphatic hydroxyl groups excluding tert-OH is 1. The summed E-state index contributed by atoms with van der Waals surface area (Å²) in [6.07, 6.45) is 1.45. The van der Waals surface area contributed by atoms with E-state index >= 15 is 0 Å². The number of ketones is 1. The molecule has 7 nitrogen and oxygen atoms in total. The molecule has 1 aromatic heterocycles. The minimum Gasteiger partial charge on any atom is -0.507 e. The van der Waals surface area contributed by atoms with E-state index in [2.05, 4.69) is 15.9 Å². The molecule has 2 heterocycles. The molecule has 0 spiro atoms. The fourth-order valence-corrected chi connectivity index (χ4v) is 3.98. The van der Waals surface area contributed by atoms with Gasteiger partial charge in [0.25, 0.3) is 11.7 Å². The number of hydrogen-bond acceptors (Lipinski definition) is 6. The molecule has 1 unspecified atom stereocenters. The van der Waals surface area contributed by atoms with Gasteiger partial charge < -0.3 is 19.0 Å². The Morgan fingerprint density at radius 1 is 1.06 bits per heavy atom. The molecule has 1 aliphatic rings. The van der Waals surface area contributed by atoms with Gasteiger partial charge in [0, 0.05) is 21.8 Å². The summed E-state index contributed by atoms with van der Waals surface area (Å²) < 4.78 is 17.1. The number of benzene rings is 2. The predicted molar refractivity (Wildman–Crippen MR) is 122 cm³/mol. The number of furan rings is 1. The van der Waals surface area contributed by atoms with E-state index in [0.29, 0.717) is 28.5 Å². The number of Topliss-reactive ketones (excluding diaryl/α,β-unsaturated/α-hetero) is 1. The van der Waals surface area contributed by atoms with E-state index < -0.39 is 17.7 Å². The number of rotatable bonds is 5. The Labute approximate surface area is 193 Å². The van der Waals surface area contributed by atoms with Crippen LogP contribution in [0, 0.1) is 6.92 Å². The zero-order valence-corrected chi connectivity index (χ0v) is 19.2. The molecule has 8 heteroatoms. The minimum absolute atomic E-state index is 0.0542. The number of aliphatic hydroxyl groups is 1. The van der Waals surface area contributed by atoms with Crippen molar-refractivity contribution in [2.24, 2.45) is 0 Å². The smallest absolute Gasteiger partial charge is 0.300 e. The number of aryl methyl sites for hydroxylation is 1. The largest absolute Gasteiger partial charge is 0.507 e. The molecule has 1 atom stereocenters. The summed E-state index contributed by atoms with van der Waals surface area (Å²) in [5.74, 6) is -0.646. The van der Waals surface area contributed by atoms with Crippen molar-refractivity contribution in [3.63, 3.8) is 0 Å². The van der Waals surface area contributed by atoms with Crippen LogP contribution in [0.15, 0.2) is 69.3 Å². The van der Waals surface area contributed by atoms with Crippen LogP contribution in [0.3, 0.4) is 0 Å². The van der Waals surface area contributed by atoms with Crippen molar-refractivity contribution in [2.75, 3.05) is 19.1 Å². The lowest BCUT2D eigenvalue weighted by atomic mass is 9.98. The predicted octanol–water partition coefficient (Wildman–Crippen LogP) is 4.99. The Morgan fingerprint density at radius 2 is 1.81 bits per heavy atom. The number of hydrogen-bond donors (Lipinski definition) is 1. The van der Waals surface area contributed by atoms with Gasteiger partial charge in [0.2, 0.25) is 0 Å². The molecule has 1 saturated heterocycles. The average molecular weight is 498 g/mol. The summed E-state index contributed by atoms with van der Waals surface area (Å²) in [5.41, 5.74) is 1.64. The first-order valence-electron chi connectivity index (χ1n) is 9.70. The Hall–Kier alpha value is -3.52. The molecule has 32 heavy (non-hydrogen) atoms. The summed E-state index contributed by atoms with van der Waals surface area (Å²) in [7, 11) is 2.99. The van der Waals surface area contributed by atoms with Gasteiger partial charge in [-0.15, -0.1) is 0 Å². The molecule has 1 fully saturated rings. The first-order chi connectivity index (χ1) is 15.4. The lowest BCUT2D eigenvalue weighted by Crippen LogP contribution is -2.29. The monoisotopic (exact) mass is 497 g/mol. The highest BCUT2D eigenvalue weighted by Crippen LogP contribution is 2.44. The standard InChI is InChI=1S/C24H20BrNO6/c1-13-11-14(6-8-16(13)25)22(27)20-21(18-5-4-10-32-18)26(24(29)23(20)28)15-7-9-17(30-2)19(12-15)31-3/h4-12,21,27H,1-3H3/b22-20-. The fourth-order valence-electron chi connectivity index (χ4n) is 3.74. The van der Waals surface area contributed by atoms with Gasteiger partial charge in [0.1, 0.15) is 17.6 Å². The first-order valence-corrected chi connectivity index (χ1v) is 10.5. The number of halogens is 1. The molecule has 1 amide bonds. The SMILES string of the molecule is COc1ccc(N2C(=O)C(=O)/C(=C(\O)c3ccc(Br)c(C)c3)C2c2ccco2)cc1OC. The van der Waals surface area contributed by atoms with Gasteiger partial charge in [0.15, 0.2) is 11.5 Å². The molecule has 2 aromatic carbocycles. The molecule has 0 aliphatic carbocycles. The molecule has 3 aromatic rings. The zero-order chi connectivity index (χ0) is 23.0. The summed E-state index contributed by atoms with van der Waals surface area (Å²) >= 11 is 3.43. The summed E-state index contributed by atoms with van der Waals surface area (Å²) in [4.78, 5) is 27.6. The van der Waals surface area contributed by atoms with Crippen LogP contribution in [0.2, 0.25) is 0 Å². The summed E-state index contributed by atoms with van der Waals surface area (Å²) in [6.45, 7) is 1.87. The number of amides is 1. The molecule has 1 N–H and O–H groups in total. The third kappa shape index (κ3) is 3.56. The van der Waals surface area contributed by atoms with Crippen molar-refractivity contribution in [3.8, 4) is 11.5 Å². The molecule has 1 aliphatic heterocycles. The van der Waals surface area contributed by atoms with Crippen LogP contribution in [-0.2, 0) is 9.59 Å². The van der Waals surface area contributed by atoms with Crippen molar-refractivity contribution in [3.05, 3.63) is 81.7 Å². The van der Waals surface area contributed by atoms with Gasteiger partial charge in [-0.05, 0) is 48.9 Å². The van der Waals surface area contributed by atoms with Gasteiger partial charge >= 0.3 is 0 Å². The van der Waals surface area contributed by atoms with E-state index in [1.807, 2.05) is 6.92 Å². The maximum Gasteiger partial charge on any atom is 0.300 e. The van der Waals surface area contributed by atoms with Crippen LogP contribution < -0.4 is 14.4 Å². The van der Waals surface area contributed by atoms with Crippen molar-refractivity contribution in [1.29, 1.82) is 0 Å². The Morgan fingerprint density at radius 3 is 2.44 bits per heavy atom. The summed E-state index contributed by atoms with van der Waals surface area (Å²) in [5, 5.41) is 11.1. The molecule has 0 radical (unpaired) electrons. The van der Waals surface area contributed by atoms with Gasteiger partial charge in [-0.1, -0.05) is 22.0 Å². The lowest BCUT2D eigenvalue weighted by molar-refractivity contribution is -0.132. The van der Waals surface area contributed by atoms with Crippen LogP contribution in [0.1, 0.15) is 22.9 Å². The quantitative estimate of drug-likeness (QED) is 0.303. The maximum absolute atomic E-state index is 13.1. The van der Waals surface area contributed by atoms with E-state index in [9.17, 15) is 14.7 Å². The molecule has 0 bridgehead atoms. The number of ether oxygens (including phenoxy) is 2. The minimum atomic E-state index is -0.952. The Bertz CT molecular complexity index is 1230. The first kappa shape index (κ1) is 21.7. The second-order valence-electron chi connectivity index (χ2n) is 7.19. The molecular weight excluding hydrogens is 478 g/mol. The van der Waals surface area contributed by atoms with Crippen molar-refractivity contribution < 1.29 is 28.6 Å². The van der Waals surface area contributed by atoms with Gasteiger partial charge in [-0.25, -0.2) is 0 Å². The highest BCUT2D eigenvalue weighted by Gasteiger charge is 2.48. The van der Waals surface area contributed by atoms with E-state index in [-0.39, 0.29) is 11.3 Å². The topological polar surface area (TPSA) is 89.2 Å². The van der Waals surface area contributed by atoms with Gasteiger partial charge in [-0.3, -0.25) is 14.5 Å². The third-order valence-corrected chi connectivity index (χ3v) is 6.22. The summed E-state index contributed by atoms with van der Waals surface area (Å²) in [6, 6.07) is 12.4. The highest BCUT2D eigenvalue weighted by molar-refractivity contribution is 9.10. The van der Waals surface area contributed by atoms with Gasteiger partial charge in [-0.2, -0.15) is 0 Å². The van der Waals surface area contributed by atoms with Crippen molar-refractivity contribution in [2.45, 2.75) is 13.0 Å². The second kappa shape index (κ2) is 8.55. The van der Waals surface area contributed by atoms with E-state index in [0.717, 1.165) is 10.0 Å². The van der Waals surface area contributed by atoms with Crippen LogP contribution >= 0.6 is 15.9 Å². The third-order valence-electron chi connectivity index (χ3n) is 5.33. The van der Waals surface area contributed by atoms with Crippen LogP contribution in [0.4, 0.5) is 5.69 Å². The van der Waals surface area contributed by atoms with E-state index in [1.54, 1.807) is 48.5 Å². The Balaban J connectivity index is 1.92. The average Bonchev–Trinajstić information content (AvgIpc) is 3.41. The molecular formula is C24H20BrNO6. The van der Waals surface area contributed by atoms with Crippen LogP contribution in [-0.4, -0.2) is 31.0 Å². The highest BCUT2D eigenvalue weighted by atomic mass is 79.9. The van der Waals surface area contributed by atoms with Crippen molar-refractivity contribution >= 4 is 39.1 Å². The van der Waals surface area contributed by atoms with E-state index in [1.165, 1.54) is 25.4 Å². The lowest BCUT2D eigenvalue weighted by Gasteiger charge is -2.24. The van der Waals surface area contributed by atoms with Crippen molar-refractivity contribution in [1.82, 2.24) is 0 Å². The molecule has 4 rings (SSSR count). The number of anilines is 1. The normalized spacial score (nSPS) is 17.6. The van der Waals surface area contributed by atoms with Gasteiger partial charge in [0.05, 0.1) is 26.1 Å². The number of nitrogens with zero attached hydrogens (tertiary/aromatic N) is 1. The van der Waals surface area contributed by atoms with Crippen LogP contribution in [0.25, 0.3) is 5.76 Å². The molecule has 164 valence electrons. The number of carbonyl (C=O) groups excluding carboxylic acids is 2. The molecule has 0 saturated carbocycles. The van der Waals surface area contributed by atoms with Crippen LogP contribution in [0.5, 0.6) is 11.5 Å². The fraction of sp³-hybridized carbons (Fsp3) is 0.167. The number of carbonyl (C=O) groups is 2. The zero-order valence-electron chi connectivity index (χ0n) is 17.6. The van der Waals surface area contributed by atoms with E-state index in [4.69, 9.17) is 13.9 Å². The number of methoxy groups -OCH3 is 2. The Kier molecular flexibility index (Phi) is 5.80. The second-order valence-corrected chi connectivity index (χ2v) is 8.04. The maximum atomic E-state index is 13.1.